The molecule has 33 heavy (non-hydrogen) atoms. The van der Waals surface area contributed by atoms with Crippen molar-refractivity contribution >= 4 is 21.8 Å². The fourth-order valence-corrected chi connectivity index (χ4v) is 5.76. The molecule has 3 rings (SSSR count). The molecule has 2 aromatic carbocycles. The van der Waals surface area contributed by atoms with Crippen LogP contribution in [0.3, 0.4) is 0 Å². The summed E-state index contributed by atoms with van der Waals surface area (Å²) in [6.07, 6.45) is 2.17. The Kier molecular flexibility index (Phi) is 8.20. The van der Waals surface area contributed by atoms with Crippen LogP contribution in [0.4, 0.5) is 4.39 Å². The number of nitrogens with zero attached hydrogens (tertiary/aromatic N) is 1. The molecule has 7 nitrogen and oxygen atoms in total. The second kappa shape index (κ2) is 10.9. The molecule has 0 aliphatic heterocycles. The highest BCUT2D eigenvalue weighted by molar-refractivity contribution is 7.89. The highest BCUT2D eigenvalue weighted by Gasteiger charge is 2.28. The SMILES string of the molecule is CCN(CC)S(=O)(=O)c1cccc(C(=O)NCC(=O)NC2CCC(c3ccccc3F)C2)c1. The van der Waals surface area contributed by atoms with Crippen LogP contribution in [-0.2, 0) is 14.8 Å². The molecular formula is C24H30FN3O4S. The maximum absolute atomic E-state index is 14.0. The highest BCUT2D eigenvalue weighted by Crippen LogP contribution is 2.35. The lowest BCUT2D eigenvalue weighted by atomic mass is 9.97. The van der Waals surface area contributed by atoms with Crippen LogP contribution in [0.15, 0.2) is 53.4 Å². The third-order valence-corrected chi connectivity index (χ3v) is 8.04. The Balaban J connectivity index is 1.54. The largest absolute Gasteiger partial charge is 0.352 e. The number of sulfonamides is 1. The van der Waals surface area contributed by atoms with Crippen molar-refractivity contribution in [3.05, 3.63) is 65.5 Å². The Bertz CT molecular complexity index is 1100. The van der Waals surface area contributed by atoms with Gasteiger partial charge in [0.2, 0.25) is 15.9 Å². The van der Waals surface area contributed by atoms with Gasteiger partial charge in [-0.05, 0) is 55.0 Å². The first kappa shape index (κ1) is 24.9. The Morgan fingerprint density at radius 1 is 1.06 bits per heavy atom. The van der Waals surface area contributed by atoms with E-state index in [0.717, 1.165) is 12.8 Å². The number of rotatable bonds is 9. The molecule has 0 saturated heterocycles. The maximum Gasteiger partial charge on any atom is 0.251 e. The standard InChI is InChI=1S/C24H30FN3O4S/c1-3-28(4-2)33(31,32)20-9-7-8-18(15-20)24(30)26-16-23(29)27-19-13-12-17(14-19)21-10-5-6-11-22(21)25/h5-11,15,17,19H,3-4,12-14,16H2,1-2H3,(H,26,30)(H,27,29). The molecule has 1 fully saturated rings. The minimum absolute atomic E-state index is 0.0356. The first-order valence-corrected chi connectivity index (χ1v) is 12.6. The summed E-state index contributed by atoms with van der Waals surface area (Å²) in [4.78, 5) is 24.9. The molecule has 178 valence electrons. The summed E-state index contributed by atoms with van der Waals surface area (Å²) in [6, 6.07) is 12.4. The molecule has 0 heterocycles. The molecule has 2 amide bonds. The fourth-order valence-electron chi connectivity index (χ4n) is 4.25. The van der Waals surface area contributed by atoms with Crippen LogP contribution in [-0.4, -0.2) is 50.2 Å². The summed E-state index contributed by atoms with van der Waals surface area (Å²) in [6.45, 7) is 3.92. The minimum Gasteiger partial charge on any atom is -0.352 e. The van der Waals surface area contributed by atoms with Crippen LogP contribution < -0.4 is 10.6 Å². The number of benzene rings is 2. The van der Waals surface area contributed by atoms with Crippen LogP contribution >= 0.6 is 0 Å². The second-order valence-corrected chi connectivity index (χ2v) is 10.0. The van der Waals surface area contributed by atoms with Crippen molar-refractivity contribution in [2.45, 2.75) is 50.0 Å². The smallest absolute Gasteiger partial charge is 0.251 e. The van der Waals surface area contributed by atoms with Crippen LogP contribution in [0, 0.1) is 5.82 Å². The van der Waals surface area contributed by atoms with Crippen molar-refractivity contribution in [2.24, 2.45) is 0 Å². The van der Waals surface area contributed by atoms with Crippen molar-refractivity contribution in [1.29, 1.82) is 0 Å². The molecule has 2 aromatic rings. The predicted molar refractivity (Wildman–Crippen MR) is 124 cm³/mol. The van der Waals surface area contributed by atoms with E-state index in [2.05, 4.69) is 10.6 Å². The number of nitrogens with one attached hydrogen (secondary N) is 2. The number of carbonyl (C=O) groups excluding carboxylic acids is 2. The maximum atomic E-state index is 14.0. The van der Waals surface area contributed by atoms with Gasteiger partial charge in [-0.3, -0.25) is 9.59 Å². The average molecular weight is 476 g/mol. The van der Waals surface area contributed by atoms with Gasteiger partial charge in [0.1, 0.15) is 5.82 Å². The molecule has 0 bridgehead atoms. The normalized spacial score (nSPS) is 18.3. The first-order valence-electron chi connectivity index (χ1n) is 11.2. The van der Waals surface area contributed by atoms with Gasteiger partial charge < -0.3 is 10.6 Å². The summed E-state index contributed by atoms with van der Waals surface area (Å²) in [5.74, 6) is -1.04. The molecule has 1 aliphatic rings. The van der Waals surface area contributed by atoms with E-state index >= 15 is 0 Å². The van der Waals surface area contributed by atoms with E-state index in [4.69, 9.17) is 0 Å². The molecule has 0 radical (unpaired) electrons. The zero-order chi connectivity index (χ0) is 24.0. The number of carbonyl (C=O) groups is 2. The topological polar surface area (TPSA) is 95.6 Å². The Morgan fingerprint density at radius 3 is 2.48 bits per heavy atom. The molecule has 2 unspecified atom stereocenters. The van der Waals surface area contributed by atoms with Gasteiger partial charge in [0.25, 0.3) is 5.91 Å². The van der Waals surface area contributed by atoms with Crippen molar-refractivity contribution in [1.82, 2.24) is 14.9 Å². The number of halogens is 1. The van der Waals surface area contributed by atoms with Crippen molar-refractivity contribution in [3.63, 3.8) is 0 Å². The van der Waals surface area contributed by atoms with Gasteiger partial charge in [0.15, 0.2) is 0 Å². The molecule has 2 N–H and O–H groups in total. The van der Waals surface area contributed by atoms with Gasteiger partial charge >= 0.3 is 0 Å². The lowest BCUT2D eigenvalue weighted by Gasteiger charge is -2.18. The second-order valence-electron chi connectivity index (χ2n) is 8.10. The third-order valence-electron chi connectivity index (χ3n) is 5.99. The Morgan fingerprint density at radius 2 is 1.79 bits per heavy atom. The molecule has 2 atom stereocenters. The van der Waals surface area contributed by atoms with Crippen LogP contribution in [0.1, 0.15) is 54.9 Å². The van der Waals surface area contributed by atoms with Gasteiger partial charge in [-0.2, -0.15) is 4.31 Å². The number of hydrogen-bond acceptors (Lipinski definition) is 4. The zero-order valence-electron chi connectivity index (χ0n) is 18.9. The average Bonchev–Trinajstić information content (AvgIpc) is 3.26. The number of amides is 2. The third kappa shape index (κ3) is 5.97. The van der Waals surface area contributed by atoms with Crippen molar-refractivity contribution < 1.29 is 22.4 Å². The molecule has 0 spiro atoms. The molecule has 1 aliphatic carbocycles. The van der Waals surface area contributed by atoms with Gasteiger partial charge in [0, 0.05) is 24.7 Å². The molecule has 1 saturated carbocycles. The van der Waals surface area contributed by atoms with Gasteiger partial charge in [0.05, 0.1) is 11.4 Å². The van der Waals surface area contributed by atoms with Gasteiger partial charge in [-0.15, -0.1) is 0 Å². The Hall–Kier alpha value is -2.78. The summed E-state index contributed by atoms with van der Waals surface area (Å²) in [5, 5.41) is 5.43. The van der Waals surface area contributed by atoms with Crippen LogP contribution in [0.25, 0.3) is 0 Å². The molecule has 9 heteroatoms. The van der Waals surface area contributed by atoms with Gasteiger partial charge in [-0.25, -0.2) is 12.8 Å². The number of hydrogen-bond donors (Lipinski definition) is 2. The van der Waals surface area contributed by atoms with Crippen molar-refractivity contribution in [3.8, 4) is 0 Å². The van der Waals surface area contributed by atoms with Gasteiger partial charge in [-0.1, -0.05) is 38.1 Å². The van der Waals surface area contributed by atoms with Crippen molar-refractivity contribution in [2.75, 3.05) is 19.6 Å². The van der Waals surface area contributed by atoms with E-state index < -0.39 is 15.9 Å². The Labute approximate surface area is 194 Å². The molecule has 0 aromatic heterocycles. The fraction of sp³-hybridized carbons (Fsp3) is 0.417. The predicted octanol–water partition coefficient (Wildman–Crippen LogP) is 3.04. The lowest BCUT2D eigenvalue weighted by Crippen LogP contribution is -2.41. The van der Waals surface area contributed by atoms with E-state index in [0.29, 0.717) is 25.1 Å². The summed E-state index contributed by atoms with van der Waals surface area (Å²) >= 11 is 0. The van der Waals surface area contributed by atoms with E-state index in [1.807, 2.05) is 6.07 Å². The minimum atomic E-state index is -3.69. The summed E-state index contributed by atoms with van der Waals surface area (Å²) < 4.78 is 40.7. The van der Waals surface area contributed by atoms with E-state index in [9.17, 15) is 22.4 Å². The quantitative estimate of drug-likeness (QED) is 0.583. The first-order chi connectivity index (χ1) is 15.8. The van der Waals surface area contributed by atoms with E-state index in [1.165, 1.54) is 34.6 Å². The van der Waals surface area contributed by atoms with Crippen LogP contribution in [0.2, 0.25) is 0 Å². The van der Waals surface area contributed by atoms with E-state index in [-0.39, 0.29) is 40.7 Å². The van der Waals surface area contributed by atoms with Crippen LogP contribution in [0.5, 0.6) is 0 Å². The monoisotopic (exact) mass is 475 g/mol. The molecular weight excluding hydrogens is 445 g/mol. The highest BCUT2D eigenvalue weighted by atomic mass is 32.2. The lowest BCUT2D eigenvalue weighted by molar-refractivity contribution is -0.120. The zero-order valence-corrected chi connectivity index (χ0v) is 19.7. The van der Waals surface area contributed by atoms with E-state index in [1.54, 1.807) is 26.0 Å². The summed E-state index contributed by atoms with van der Waals surface area (Å²) in [5.41, 5.74) is 0.832. The summed E-state index contributed by atoms with van der Waals surface area (Å²) in [7, 11) is -3.69.